The minimum atomic E-state index is -0.856. The Morgan fingerprint density at radius 2 is 1.88 bits per heavy atom. The third-order valence-corrected chi connectivity index (χ3v) is 6.71. The zero-order valence-corrected chi connectivity index (χ0v) is 18.1. The van der Waals surface area contributed by atoms with Crippen LogP contribution in [-0.2, 0) is 10.3 Å². The average molecular weight is 430 g/mol. The fourth-order valence-electron chi connectivity index (χ4n) is 4.72. The lowest BCUT2D eigenvalue weighted by Crippen LogP contribution is -2.54. The third kappa shape index (κ3) is 3.71. The van der Waals surface area contributed by atoms with Crippen molar-refractivity contribution in [1.82, 2.24) is 10.6 Å². The summed E-state index contributed by atoms with van der Waals surface area (Å²) in [5, 5.41) is 18.1. The minimum absolute atomic E-state index is 0.0836. The molecule has 0 radical (unpaired) electrons. The van der Waals surface area contributed by atoms with Gasteiger partial charge < -0.3 is 20.6 Å². The van der Waals surface area contributed by atoms with Gasteiger partial charge in [0.05, 0.1) is 5.54 Å². The molecule has 2 aliphatic rings. The average Bonchev–Trinajstić information content (AvgIpc) is 3.59. The lowest BCUT2D eigenvalue weighted by molar-refractivity contribution is -0.139. The number of aliphatic carboxylic acids is 1. The van der Waals surface area contributed by atoms with E-state index in [4.69, 9.17) is 0 Å². The number of piperazine rings is 1. The van der Waals surface area contributed by atoms with Gasteiger partial charge in [-0.15, -0.1) is 0 Å². The van der Waals surface area contributed by atoms with E-state index in [1.165, 1.54) is 16.3 Å². The molecular formula is C26H27N3O3. The Kier molecular flexibility index (Phi) is 5.10. The number of anilines is 1. The van der Waals surface area contributed by atoms with Gasteiger partial charge in [-0.3, -0.25) is 9.59 Å². The lowest BCUT2D eigenvalue weighted by atomic mass is 9.96. The molecule has 0 bridgehead atoms. The highest BCUT2D eigenvalue weighted by molar-refractivity contribution is 5.98. The molecule has 1 heterocycles. The minimum Gasteiger partial charge on any atom is -0.480 e. The number of amides is 1. The normalized spacial score (nSPS) is 19.5. The number of carboxylic acid groups (broad SMARTS) is 1. The van der Waals surface area contributed by atoms with Crippen molar-refractivity contribution in [3.8, 4) is 0 Å². The van der Waals surface area contributed by atoms with E-state index in [1.807, 2.05) is 42.2 Å². The van der Waals surface area contributed by atoms with Gasteiger partial charge in [0.1, 0.15) is 6.04 Å². The molecule has 1 unspecified atom stereocenters. The van der Waals surface area contributed by atoms with Crippen LogP contribution in [0.2, 0.25) is 0 Å². The van der Waals surface area contributed by atoms with Crippen LogP contribution in [0.5, 0.6) is 0 Å². The zero-order valence-electron chi connectivity index (χ0n) is 18.1. The number of nitrogens with one attached hydrogen (secondary N) is 2. The van der Waals surface area contributed by atoms with Gasteiger partial charge in [0.2, 0.25) is 0 Å². The van der Waals surface area contributed by atoms with Gasteiger partial charge in [-0.25, -0.2) is 0 Å². The van der Waals surface area contributed by atoms with Crippen LogP contribution in [0.25, 0.3) is 10.8 Å². The molecule has 164 valence electrons. The first-order valence-corrected chi connectivity index (χ1v) is 11.1. The standard InChI is InChI=1S/C26H27N3O3/c1-17-9-10-19(29-14-13-27-23(16-29)25(31)32)15-21(17)24(30)28-26(11-12-26)22-8-4-6-18-5-2-3-7-20(18)22/h2-10,15,23,27H,11-14,16H2,1H3,(H,28,30)(H,31,32). The van der Waals surface area contributed by atoms with Crippen molar-refractivity contribution in [3.63, 3.8) is 0 Å². The number of carbonyl (C=O) groups is 2. The van der Waals surface area contributed by atoms with Gasteiger partial charge in [-0.1, -0.05) is 48.5 Å². The van der Waals surface area contributed by atoms with Gasteiger partial charge in [0.25, 0.3) is 5.91 Å². The van der Waals surface area contributed by atoms with E-state index in [0.717, 1.165) is 24.1 Å². The second-order valence-corrected chi connectivity index (χ2v) is 8.85. The number of hydrogen-bond donors (Lipinski definition) is 3. The molecule has 0 aromatic heterocycles. The lowest BCUT2D eigenvalue weighted by Gasteiger charge is -2.33. The fraction of sp³-hybridized carbons (Fsp3) is 0.308. The van der Waals surface area contributed by atoms with E-state index in [-0.39, 0.29) is 11.4 Å². The molecule has 1 aliphatic heterocycles. The van der Waals surface area contributed by atoms with Crippen LogP contribution in [0.3, 0.4) is 0 Å². The Balaban J connectivity index is 1.41. The number of benzene rings is 3. The highest BCUT2D eigenvalue weighted by Crippen LogP contribution is 2.48. The molecule has 2 fully saturated rings. The van der Waals surface area contributed by atoms with Crippen LogP contribution < -0.4 is 15.5 Å². The second-order valence-electron chi connectivity index (χ2n) is 8.85. The number of fused-ring (bicyclic) bond motifs is 1. The molecule has 1 atom stereocenters. The maximum atomic E-state index is 13.4. The summed E-state index contributed by atoms with van der Waals surface area (Å²) >= 11 is 0. The first-order chi connectivity index (χ1) is 15.5. The smallest absolute Gasteiger partial charge is 0.322 e. The van der Waals surface area contributed by atoms with E-state index >= 15 is 0 Å². The Morgan fingerprint density at radius 3 is 2.66 bits per heavy atom. The van der Waals surface area contributed by atoms with Gasteiger partial charge >= 0.3 is 5.97 Å². The molecule has 1 saturated heterocycles. The molecule has 1 saturated carbocycles. The number of hydrogen-bond acceptors (Lipinski definition) is 4. The Labute approximate surface area is 187 Å². The first kappa shape index (κ1) is 20.5. The number of carboxylic acids is 1. The monoisotopic (exact) mass is 429 g/mol. The number of carbonyl (C=O) groups excluding carboxylic acids is 1. The van der Waals surface area contributed by atoms with Crippen LogP contribution in [0.1, 0.15) is 34.3 Å². The van der Waals surface area contributed by atoms with Crippen LogP contribution in [0.15, 0.2) is 60.7 Å². The van der Waals surface area contributed by atoms with E-state index in [0.29, 0.717) is 25.2 Å². The summed E-state index contributed by atoms with van der Waals surface area (Å²) in [6.45, 7) is 3.61. The van der Waals surface area contributed by atoms with Gasteiger partial charge in [0, 0.05) is 30.9 Å². The predicted molar refractivity (Wildman–Crippen MR) is 125 cm³/mol. The highest BCUT2D eigenvalue weighted by Gasteiger charge is 2.46. The molecule has 6 heteroatoms. The molecule has 6 nitrogen and oxygen atoms in total. The van der Waals surface area contributed by atoms with Crippen LogP contribution in [0.4, 0.5) is 5.69 Å². The summed E-state index contributed by atoms with van der Waals surface area (Å²) in [4.78, 5) is 26.8. The predicted octanol–water partition coefficient (Wildman–Crippen LogP) is 3.43. The van der Waals surface area contributed by atoms with Gasteiger partial charge in [-0.05, 0) is 53.8 Å². The Hall–Kier alpha value is -3.38. The third-order valence-electron chi connectivity index (χ3n) is 6.71. The summed E-state index contributed by atoms with van der Waals surface area (Å²) < 4.78 is 0. The number of nitrogens with zero attached hydrogens (tertiary/aromatic N) is 1. The summed E-state index contributed by atoms with van der Waals surface area (Å²) in [6.07, 6.45) is 1.84. The Bertz CT molecular complexity index is 1200. The van der Waals surface area contributed by atoms with Crippen LogP contribution >= 0.6 is 0 Å². The fourth-order valence-corrected chi connectivity index (χ4v) is 4.72. The second kappa shape index (κ2) is 7.95. The molecule has 1 amide bonds. The molecule has 5 rings (SSSR count). The molecule has 1 aliphatic carbocycles. The molecule has 0 spiro atoms. The van der Waals surface area contributed by atoms with Crippen LogP contribution in [0, 0.1) is 6.92 Å². The van der Waals surface area contributed by atoms with Gasteiger partial charge in [-0.2, -0.15) is 0 Å². The summed E-state index contributed by atoms with van der Waals surface area (Å²) in [5.41, 5.74) is 3.26. The molecule has 3 N–H and O–H groups in total. The topological polar surface area (TPSA) is 81.7 Å². The van der Waals surface area contributed by atoms with Gasteiger partial charge in [0.15, 0.2) is 0 Å². The largest absolute Gasteiger partial charge is 0.480 e. The number of aryl methyl sites for hydroxylation is 1. The van der Waals surface area contributed by atoms with E-state index in [2.05, 4.69) is 41.0 Å². The van der Waals surface area contributed by atoms with Crippen molar-refractivity contribution in [3.05, 3.63) is 77.4 Å². The maximum Gasteiger partial charge on any atom is 0.322 e. The molecule has 3 aromatic carbocycles. The molecular weight excluding hydrogens is 402 g/mol. The Morgan fingerprint density at radius 1 is 1.09 bits per heavy atom. The maximum absolute atomic E-state index is 13.4. The van der Waals surface area contributed by atoms with E-state index < -0.39 is 12.0 Å². The summed E-state index contributed by atoms with van der Waals surface area (Å²) in [5.74, 6) is -0.940. The quantitative estimate of drug-likeness (QED) is 0.579. The summed E-state index contributed by atoms with van der Waals surface area (Å²) in [6, 6.07) is 19.8. The van der Waals surface area contributed by atoms with E-state index in [9.17, 15) is 14.7 Å². The zero-order chi connectivity index (χ0) is 22.3. The SMILES string of the molecule is Cc1ccc(N2CCNC(C(=O)O)C2)cc1C(=O)NC1(c2cccc3ccccc23)CC1. The van der Waals surface area contributed by atoms with E-state index in [1.54, 1.807) is 0 Å². The van der Waals surface area contributed by atoms with Crippen molar-refractivity contribution in [1.29, 1.82) is 0 Å². The van der Waals surface area contributed by atoms with Crippen molar-refractivity contribution >= 4 is 28.3 Å². The van der Waals surface area contributed by atoms with Crippen molar-refractivity contribution in [2.75, 3.05) is 24.5 Å². The van der Waals surface area contributed by atoms with Crippen LogP contribution in [-0.4, -0.2) is 42.7 Å². The molecule has 3 aromatic rings. The highest BCUT2D eigenvalue weighted by atomic mass is 16.4. The van der Waals surface area contributed by atoms with Crippen molar-refractivity contribution in [2.45, 2.75) is 31.3 Å². The van der Waals surface area contributed by atoms with Crippen molar-refractivity contribution in [2.24, 2.45) is 0 Å². The number of rotatable bonds is 5. The first-order valence-electron chi connectivity index (χ1n) is 11.1. The summed E-state index contributed by atoms with van der Waals surface area (Å²) in [7, 11) is 0. The molecule has 32 heavy (non-hydrogen) atoms. The van der Waals surface area contributed by atoms with Crippen molar-refractivity contribution < 1.29 is 14.7 Å².